The molecule has 1 N–H and O–H groups in total. The molecule has 0 bridgehead atoms. The number of para-hydroxylation sites is 1. The minimum atomic E-state index is -0.179. The molecule has 0 spiro atoms. The second kappa shape index (κ2) is 12.1. The van der Waals surface area contributed by atoms with Crippen LogP contribution in [0.25, 0.3) is 22.8 Å². The average molecular weight is 557 g/mol. The number of nitrogens with one attached hydrogen (secondary N) is 1. The molecule has 2 heterocycles. The van der Waals surface area contributed by atoms with E-state index in [1.165, 1.54) is 5.56 Å². The van der Waals surface area contributed by atoms with Crippen molar-refractivity contribution in [3.63, 3.8) is 0 Å². The Morgan fingerprint density at radius 1 is 0.762 bits per heavy atom. The van der Waals surface area contributed by atoms with E-state index in [1.54, 1.807) is 0 Å². The maximum Gasteiger partial charge on any atom is 0.276 e. The Kier molecular flexibility index (Phi) is 7.81. The summed E-state index contributed by atoms with van der Waals surface area (Å²) in [4.78, 5) is 35.4. The first-order chi connectivity index (χ1) is 20.6. The number of aromatic nitrogens is 1. The molecular weight excluding hydrogens is 524 g/mol. The molecule has 1 fully saturated rings. The van der Waals surface area contributed by atoms with Crippen molar-refractivity contribution in [2.75, 3.05) is 36.4 Å². The molecule has 0 radical (unpaired) electrons. The van der Waals surface area contributed by atoms with Crippen LogP contribution in [0.2, 0.25) is 0 Å². The van der Waals surface area contributed by atoms with Crippen molar-refractivity contribution in [2.45, 2.75) is 13.3 Å². The summed E-state index contributed by atoms with van der Waals surface area (Å²) in [7, 11) is 0. The second-order valence-electron chi connectivity index (χ2n) is 10.3. The van der Waals surface area contributed by atoms with Crippen LogP contribution in [0.3, 0.4) is 0 Å². The quantitative estimate of drug-likeness (QED) is 0.239. The van der Waals surface area contributed by atoms with E-state index in [1.807, 2.05) is 102 Å². The van der Waals surface area contributed by atoms with E-state index in [0.717, 1.165) is 30.8 Å². The second-order valence-corrected chi connectivity index (χ2v) is 10.3. The lowest BCUT2D eigenvalue weighted by molar-refractivity contribution is 0.0741. The highest BCUT2D eigenvalue weighted by molar-refractivity contribution is 6.04. The molecule has 1 aliphatic rings. The number of oxazole rings is 1. The van der Waals surface area contributed by atoms with Gasteiger partial charge in [-0.2, -0.15) is 0 Å². The summed E-state index contributed by atoms with van der Waals surface area (Å²) in [5.74, 6) is 0.473. The van der Waals surface area contributed by atoms with Crippen LogP contribution >= 0.6 is 0 Å². The SMILES string of the molecule is CCc1ccc(C(=O)Nc2ccc(-c3oc(-c4ccccc4)nc3C(=O)N3CCN(c4ccccc4)CC3)cc2)cc1. The predicted molar refractivity (Wildman–Crippen MR) is 166 cm³/mol. The van der Waals surface area contributed by atoms with E-state index in [-0.39, 0.29) is 17.5 Å². The zero-order valence-electron chi connectivity index (χ0n) is 23.5. The molecule has 0 atom stereocenters. The fourth-order valence-corrected chi connectivity index (χ4v) is 5.12. The topological polar surface area (TPSA) is 78.7 Å². The monoisotopic (exact) mass is 556 g/mol. The van der Waals surface area contributed by atoms with E-state index < -0.39 is 0 Å². The Morgan fingerprint density at radius 3 is 2.05 bits per heavy atom. The largest absolute Gasteiger partial charge is 0.435 e. The van der Waals surface area contributed by atoms with Gasteiger partial charge in [-0.05, 0) is 72.6 Å². The molecule has 1 saturated heterocycles. The minimum Gasteiger partial charge on any atom is -0.435 e. The van der Waals surface area contributed by atoms with Gasteiger partial charge in [-0.15, -0.1) is 0 Å². The van der Waals surface area contributed by atoms with Crippen LogP contribution in [0.5, 0.6) is 0 Å². The molecule has 4 aromatic carbocycles. The van der Waals surface area contributed by atoms with Gasteiger partial charge in [0, 0.05) is 54.2 Å². The molecule has 5 aromatic rings. The zero-order valence-corrected chi connectivity index (χ0v) is 23.5. The van der Waals surface area contributed by atoms with Crippen molar-refractivity contribution in [1.29, 1.82) is 0 Å². The molecule has 0 aliphatic carbocycles. The summed E-state index contributed by atoms with van der Waals surface area (Å²) in [6, 6.07) is 34.7. The lowest BCUT2D eigenvalue weighted by Gasteiger charge is -2.35. The molecule has 210 valence electrons. The average Bonchev–Trinajstić information content (AvgIpc) is 3.51. The van der Waals surface area contributed by atoms with Gasteiger partial charge in [-0.1, -0.05) is 55.5 Å². The molecular formula is C35H32N4O3. The molecule has 7 nitrogen and oxygen atoms in total. The van der Waals surface area contributed by atoms with Gasteiger partial charge in [0.2, 0.25) is 5.89 Å². The van der Waals surface area contributed by atoms with Gasteiger partial charge in [0.1, 0.15) is 0 Å². The number of rotatable bonds is 7. The fourth-order valence-electron chi connectivity index (χ4n) is 5.12. The van der Waals surface area contributed by atoms with Crippen molar-refractivity contribution < 1.29 is 14.0 Å². The molecule has 1 aromatic heterocycles. The molecule has 42 heavy (non-hydrogen) atoms. The number of carbonyl (C=O) groups excluding carboxylic acids is 2. The molecule has 6 rings (SSSR count). The van der Waals surface area contributed by atoms with Crippen LogP contribution in [0.4, 0.5) is 11.4 Å². The molecule has 2 amide bonds. The number of nitrogens with zero attached hydrogens (tertiary/aromatic N) is 3. The molecule has 0 saturated carbocycles. The highest BCUT2D eigenvalue weighted by Gasteiger charge is 2.29. The number of benzene rings is 4. The molecule has 1 aliphatic heterocycles. The van der Waals surface area contributed by atoms with Crippen molar-refractivity contribution in [2.24, 2.45) is 0 Å². The Hall–Kier alpha value is -5.17. The van der Waals surface area contributed by atoms with Gasteiger partial charge in [0.25, 0.3) is 11.8 Å². The number of amides is 2. The van der Waals surface area contributed by atoms with Gasteiger partial charge >= 0.3 is 0 Å². The summed E-state index contributed by atoms with van der Waals surface area (Å²) in [6.45, 7) is 4.74. The number of hydrogen-bond acceptors (Lipinski definition) is 5. The maximum atomic E-state index is 13.8. The van der Waals surface area contributed by atoms with Gasteiger partial charge in [-0.25, -0.2) is 4.98 Å². The van der Waals surface area contributed by atoms with E-state index in [9.17, 15) is 9.59 Å². The number of aryl methyl sites for hydroxylation is 1. The van der Waals surface area contributed by atoms with Crippen molar-refractivity contribution >= 4 is 23.2 Å². The van der Waals surface area contributed by atoms with Crippen molar-refractivity contribution in [3.8, 4) is 22.8 Å². The Labute approximate surface area is 245 Å². The number of piperazine rings is 1. The predicted octanol–water partition coefficient (Wildman–Crippen LogP) is 6.79. The summed E-state index contributed by atoms with van der Waals surface area (Å²) < 4.78 is 6.25. The number of hydrogen-bond donors (Lipinski definition) is 1. The fraction of sp³-hybridized carbons (Fsp3) is 0.171. The molecule has 7 heteroatoms. The van der Waals surface area contributed by atoms with Gasteiger partial charge in [0.05, 0.1) is 0 Å². The van der Waals surface area contributed by atoms with Crippen LogP contribution in [-0.4, -0.2) is 47.9 Å². The lowest BCUT2D eigenvalue weighted by Crippen LogP contribution is -2.49. The van der Waals surface area contributed by atoms with E-state index in [2.05, 4.69) is 29.3 Å². The smallest absolute Gasteiger partial charge is 0.276 e. The third-order valence-corrected chi connectivity index (χ3v) is 7.57. The maximum absolute atomic E-state index is 13.8. The van der Waals surface area contributed by atoms with Gasteiger partial charge < -0.3 is 19.5 Å². The lowest BCUT2D eigenvalue weighted by atomic mass is 10.1. The Morgan fingerprint density at radius 2 is 1.40 bits per heavy atom. The van der Waals surface area contributed by atoms with Gasteiger partial charge in [0.15, 0.2) is 11.5 Å². The van der Waals surface area contributed by atoms with Gasteiger partial charge in [-0.3, -0.25) is 9.59 Å². The van der Waals surface area contributed by atoms with Crippen LogP contribution in [0.1, 0.15) is 33.3 Å². The van der Waals surface area contributed by atoms with E-state index >= 15 is 0 Å². The first-order valence-electron chi connectivity index (χ1n) is 14.3. The summed E-state index contributed by atoms with van der Waals surface area (Å²) in [5.41, 5.74) is 5.38. The van der Waals surface area contributed by atoms with Crippen LogP contribution in [0, 0.1) is 0 Å². The normalized spacial score (nSPS) is 13.2. The van der Waals surface area contributed by atoms with Crippen LogP contribution in [-0.2, 0) is 6.42 Å². The summed E-state index contributed by atoms with van der Waals surface area (Å²) >= 11 is 0. The van der Waals surface area contributed by atoms with Crippen molar-refractivity contribution in [3.05, 3.63) is 126 Å². The first-order valence-corrected chi connectivity index (χ1v) is 14.3. The van der Waals surface area contributed by atoms with E-state index in [4.69, 9.17) is 9.40 Å². The van der Waals surface area contributed by atoms with Crippen LogP contribution in [0.15, 0.2) is 114 Å². The Balaban J connectivity index is 1.23. The number of anilines is 2. The summed E-state index contributed by atoms with van der Waals surface area (Å²) in [5, 5.41) is 2.95. The minimum absolute atomic E-state index is 0.156. The highest BCUT2D eigenvalue weighted by atomic mass is 16.4. The van der Waals surface area contributed by atoms with Crippen molar-refractivity contribution in [1.82, 2.24) is 9.88 Å². The summed E-state index contributed by atoms with van der Waals surface area (Å²) in [6.07, 6.45) is 0.922. The standard InChI is InChI=1S/C35H32N4O3/c1-2-25-13-15-27(16-14-25)33(40)36-29-19-17-26(18-20-29)32-31(37-34(42-32)28-9-5-3-6-10-28)35(41)39-23-21-38(22-24-39)30-11-7-4-8-12-30/h3-20H,2,21-24H2,1H3,(H,36,40). The highest BCUT2D eigenvalue weighted by Crippen LogP contribution is 2.32. The van der Waals surface area contributed by atoms with Crippen LogP contribution < -0.4 is 10.2 Å². The third-order valence-electron chi connectivity index (χ3n) is 7.57. The number of carbonyl (C=O) groups is 2. The molecule has 0 unspecified atom stereocenters. The third kappa shape index (κ3) is 5.81. The zero-order chi connectivity index (χ0) is 28.9. The first kappa shape index (κ1) is 27.0. The Bertz CT molecular complexity index is 1660. The van der Waals surface area contributed by atoms with E-state index in [0.29, 0.717) is 41.6 Å².